The largest absolute Gasteiger partial charge is 0.490 e. The van der Waals surface area contributed by atoms with Crippen LogP contribution in [0, 0.1) is 14.9 Å². The monoisotopic (exact) mass is 676 g/mol. The number of alkyl halides is 3. The molecule has 0 atom stereocenters. The molecule has 3 rings (SSSR count). The van der Waals surface area contributed by atoms with Gasteiger partial charge < -0.3 is 14.2 Å². The third kappa shape index (κ3) is 7.40. The van der Waals surface area contributed by atoms with E-state index in [1.165, 1.54) is 48.5 Å². The van der Waals surface area contributed by atoms with Crippen molar-refractivity contribution in [2.75, 3.05) is 11.9 Å². The molecular weight excluding hydrogens is 660 g/mol. The summed E-state index contributed by atoms with van der Waals surface area (Å²) in [6.45, 7) is 1.80. The summed E-state index contributed by atoms with van der Waals surface area (Å²) in [6, 6.07) is 13.9. The zero-order valence-corrected chi connectivity index (χ0v) is 23.1. The number of ether oxygens (including phenoxy) is 1. The van der Waals surface area contributed by atoms with E-state index in [-0.39, 0.29) is 37.8 Å². The lowest BCUT2D eigenvalue weighted by molar-refractivity contribution is -0.137. The third-order valence-electron chi connectivity index (χ3n) is 4.75. The van der Waals surface area contributed by atoms with Gasteiger partial charge in [0.1, 0.15) is 16.5 Å². The topological polar surface area (TPSA) is 105 Å². The van der Waals surface area contributed by atoms with E-state index in [1.54, 1.807) is 13.0 Å². The third-order valence-corrected chi connectivity index (χ3v) is 7.04. The summed E-state index contributed by atoms with van der Waals surface area (Å²) in [7, 11) is -4.25. The summed E-state index contributed by atoms with van der Waals surface area (Å²) in [5.41, 5.74) is -1.24. The molecule has 0 aromatic heterocycles. The van der Waals surface area contributed by atoms with E-state index in [0.717, 1.165) is 18.2 Å². The summed E-state index contributed by atoms with van der Waals surface area (Å²) in [4.78, 5) is 12.5. The number of hydrogen-bond acceptors (Lipinski definition) is 6. The van der Waals surface area contributed by atoms with Crippen molar-refractivity contribution in [1.29, 1.82) is 5.26 Å². The van der Waals surface area contributed by atoms with Gasteiger partial charge >= 0.3 is 16.3 Å². The lowest BCUT2D eigenvalue weighted by atomic mass is 10.1. The lowest BCUT2D eigenvalue weighted by Gasteiger charge is -2.15. The first-order valence-corrected chi connectivity index (χ1v) is 13.5. The molecule has 0 saturated carbocycles. The highest BCUT2D eigenvalue weighted by Crippen LogP contribution is 2.37. The van der Waals surface area contributed by atoms with Crippen molar-refractivity contribution in [3.05, 3.63) is 86.0 Å². The average molecular weight is 677 g/mol. The van der Waals surface area contributed by atoms with Crippen molar-refractivity contribution in [2.45, 2.75) is 18.0 Å². The van der Waals surface area contributed by atoms with Crippen LogP contribution >= 0.6 is 34.2 Å². The van der Waals surface area contributed by atoms with E-state index in [4.69, 9.17) is 20.5 Å². The van der Waals surface area contributed by atoms with Gasteiger partial charge in [-0.15, -0.1) is 0 Å². The van der Waals surface area contributed by atoms with Crippen molar-refractivity contribution < 1.29 is 35.3 Å². The average Bonchev–Trinajstić information content (AvgIpc) is 2.84. The van der Waals surface area contributed by atoms with Gasteiger partial charge in [-0.1, -0.05) is 17.7 Å². The van der Waals surface area contributed by atoms with E-state index in [0.29, 0.717) is 5.02 Å². The SMILES string of the molecule is CCOc1cc(/C=C(\C#N)C(=O)Nc2cccc(C(F)(F)F)c2)cc(I)c1OS(=O)(=O)c1ccc(Cl)cc1. The number of rotatable bonds is 8. The van der Waals surface area contributed by atoms with Crippen LogP contribution in [0.3, 0.4) is 0 Å². The first kappa shape index (κ1) is 29.3. The normalized spacial score (nSPS) is 12.0. The molecule has 13 heteroatoms. The van der Waals surface area contributed by atoms with E-state index < -0.39 is 33.3 Å². The molecule has 0 aliphatic heterocycles. The molecule has 38 heavy (non-hydrogen) atoms. The predicted molar refractivity (Wildman–Crippen MR) is 143 cm³/mol. The number of amides is 1. The zero-order chi connectivity index (χ0) is 28.1. The number of nitrogens with one attached hydrogen (secondary N) is 1. The number of nitriles is 1. The molecular formula is C25H17ClF3IN2O5S. The fourth-order valence-corrected chi connectivity index (χ4v) is 5.03. The Morgan fingerprint density at radius 3 is 2.45 bits per heavy atom. The van der Waals surface area contributed by atoms with E-state index in [1.807, 2.05) is 22.6 Å². The summed E-state index contributed by atoms with van der Waals surface area (Å²) in [6.07, 6.45) is -3.42. The lowest BCUT2D eigenvalue weighted by Crippen LogP contribution is -2.14. The minimum atomic E-state index is -4.61. The summed E-state index contributed by atoms with van der Waals surface area (Å²) in [5.74, 6) is -1.02. The second kappa shape index (κ2) is 12.1. The molecule has 0 spiro atoms. The van der Waals surface area contributed by atoms with Crippen molar-refractivity contribution in [2.24, 2.45) is 0 Å². The molecule has 0 saturated heterocycles. The quantitative estimate of drug-likeness (QED) is 0.124. The molecule has 1 N–H and O–H groups in total. The first-order valence-electron chi connectivity index (χ1n) is 10.6. The van der Waals surface area contributed by atoms with Crippen LogP contribution < -0.4 is 14.2 Å². The van der Waals surface area contributed by atoms with Gasteiger partial charge in [0, 0.05) is 10.7 Å². The maximum atomic E-state index is 13.0. The van der Waals surface area contributed by atoms with Crippen LogP contribution in [0.4, 0.5) is 18.9 Å². The zero-order valence-electron chi connectivity index (χ0n) is 19.3. The molecule has 3 aromatic rings. The minimum Gasteiger partial charge on any atom is -0.490 e. The smallest absolute Gasteiger partial charge is 0.416 e. The predicted octanol–water partition coefficient (Wildman–Crippen LogP) is 6.68. The number of nitrogens with zero attached hydrogens (tertiary/aromatic N) is 1. The Bertz CT molecular complexity index is 1540. The van der Waals surface area contributed by atoms with E-state index >= 15 is 0 Å². The number of carbonyl (C=O) groups excluding carboxylic acids is 1. The molecule has 198 valence electrons. The van der Waals surface area contributed by atoms with Gasteiger partial charge in [0.25, 0.3) is 5.91 Å². The maximum Gasteiger partial charge on any atom is 0.416 e. The number of halogens is 5. The molecule has 0 heterocycles. The standard InChI is InChI=1S/C25H17ClF3IN2O5S/c1-2-36-22-12-15(11-21(30)23(22)37-38(34,35)20-8-6-18(26)7-9-20)10-16(14-31)24(33)32-19-5-3-4-17(13-19)25(27,28)29/h3-13H,2H2,1H3,(H,32,33)/b16-10+. The van der Waals surface area contributed by atoms with E-state index in [2.05, 4.69) is 5.32 Å². The Kier molecular flexibility index (Phi) is 9.29. The highest BCUT2D eigenvalue weighted by atomic mass is 127. The number of anilines is 1. The Morgan fingerprint density at radius 1 is 1.16 bits per heavy atom. The Morgan fingerprint density at radius 2 is 1.84 bits per heavy atom. The summed E-state index contributed by atoms with van der Waals surface area (Å²) in [5, 5.41) is 12.1. The second-order valence-corrected chi connectivity index (χ2v) is 10.6. The fraction of sp³-hybridized carbons (Fsp3) is 0.120. The second-order valence-electron chi connectivity index (χ2n) is 7.46. The molecule has 0 fully saturated rings. The van der Waals surface area contributed by atoms with Crippen molar-refractivity contribution >= 4 is 62.0 Å². The molecule has 1 amide bonds. The minimum absolute atomic E-state index is 0.0266. The van der Waals surface area contributed by atoms with Crippen LogP contribution in [0.15, 0.2) is 71.1 Å². The van der Waals surface area contributed by atoms with Crippen LogP contribution in [0.2, 0.25) is 5.02 Å². The van der Waals surface area contributed by atoms with Gasteiger partial charge in [0.2, 0.25) is 0 Å². The van der Waals surface area contributed by atoms with Crippen LogP contribution in [0.25, 0.3) is 6.08 Å². The van der Waals surface area contributed by atoms with Gasteiger partial charge in [-0.05, 0) is 95.8 Å². The van der Waals surface area contributed by atoms with E-state index in [9.17, 15) is 31.6 Å². The van der Waals surface area contributed by atoms with Crippen LogP contribution in [-0.4, -0.2) is 20.9 Å². The van der Waals surface area contributed by atoms with Crippen molar-refractivity contribution in [3.8, 4) is 17.6 Å². The van der Waals surface area contributed by atoms with Crippen LogP contribution in [0.5, 0.6) is 11.5 Å². The Balaban J connectivity index is 1.92. The highest BCUT2D eigenvalue weighted by molar-refractivity contribution is 14.1. The van der Waals surface area contributed by atoms with Gasteiger partial charge in [-0.25, -0.2) is 0 Å². The summed E-state index contributed by atoms with van der Waals surface area (Å²) >= 11 is 7.63. The van der Waals surface area contributed by atoms with Crippen molar-refractivity contribution in [3.63, 3.8) is 0 Å². The number of benzene rings is 3. The summed E-state index contributed by atoms with van der Waals surface area (Å²) < 4.78 is 75.6. The van der Waals surface area contributed by atoms with Gasteiger partial charge in [-0.2, -0.15) is 26.9 Å². The molecule has 0 radical (unpaired) electrons. The van der Waals surface area contributed by atoms with Crippen LogP contribution in [0.1, 0.15) is 18.1 Å². The Hall–Kier alpha value is -3.28. The molecule has 7 nitrogen and oxygen atoms in total. The number of carbonyl (C=O) groups is 1. The molecule has 3 aromatic carbocycles. The molecule has 0 bridgehead atoms. The fourth-order valence-electron chi connectivity index (χ4n) is 3.06. The molecule has 0 unspecified atom stereocenters. The van der Waals surface area contributed by atoms with Crippen molar-refractivity contribution in [1.82, 2.24) is 0 Å². The van der Waals surface area contributed by atoms with Gasteiger partial charge in [0.05, 0.1) is 15.7 Å². The van der Waals surface area contributed by atoms with Gasteiger partial charge in [0.15, 0.2) is 11.5 Å². The Labute approximate surface area is 235 Å². The van der Waals surface area contributed by atoms with Gasteiger partial charge in [-0.3, -0.25) is 4.79 Å². The highest BCUT2D eigenvalue weighted by Gasteiger charge is 2.30. The molecule has 0 aliphatic rings. The first-order chi connectivity index (χ1) is 17.8. The number of hydrogen-bond donors (Lipinski definition) is 1. The maximum absolute atomic E-state index is 13.0. The molecule has 0 aliphatic carbocycles. The van der Waals surface area contributed by atoms with Crippen LogP contribution in [-0.2, 0) is 21.1 Å².